The van der Waals surface area contributed by atoms with Gasteiger partial charge in [-0.2, -0.15) is 0 Å². The molecule has 0 amide bonds. The van der Waals surface area contributed by atoms with E-state index in [4.69, 9.17) is 17.3 Å². The third kappa shape index (κ3) is 1.28. The first kappa shape index (κ1) is 9.74. The van der Waals surface area contributed by atoms with Crippen molar-refractivity contribution in [1.82, 2.24) is 0 Å². The predicted octanol–water partition coefficient (Wildman–Crippen LogP) is 2.44. The predicted molar refractivity (Wildman–Crippen MR) is 52.9 cm³/mol. The minimum atomic E-state index is -0.680. The highest BCUT2D eigenvalue weighted by molar-refractivity contribution is 6.32. The molecule has 0 unspecified atom stereocenters. The summed E-state index contributed by atoms with van der Waals surface area (Å²) in [6.07, 6.45) is 1.51. The molecule has 2 rings (SSSR count). The molecule has 1 aromatic carbocycles. The molecule has 1 aliphatic carbocycles. The first-order chi connectivity index (χ1) is 6.46. The lowest BCUT2D eigenvalue weighted by molar-refractivity contribution is 0.423. The van der Waals surface area contributed by atoms with Gasteiger partial charge in [0.2, 0.25) is 0 Å². The summed E-state index contributed by atoms with van der Waals surface area (Å²) in [4.78, 5) is 0. The maximum atomic E-state index is 13.6. The Morgan fingerprint density at radius 3 is 2.64 bits per heavy atom. The Morgan fingerprint density at radius 2 is 2.14 bits per heavy atom. The fourth-order valence-corrected chi connectivity index (χ4v) is 1.66. The number of nitrogens with two attached hydrogens (primary N) is 1. The number of hydrogen-bond acceptors (Lipinski definition) is 2. The lowest BCUT2D eigenvalue weighted by Crippen LogP contribution is -2.20. The lowest BCUT2D eigenvalue weighted by atomic mass is 10.0. The van der Waals surface area contributed by atoms with Crippen molar-refractivity contribution in [2.75, 3.05) is 0 Å². The van der Waals surface area contributed by atoms with Crippen LogP contribution < -0.4 is 5.73 Å². The van der Waals surface area contributed by atoms with Crippen LogP contribution in [0.3, 0.4) is 0 Å². The zero-order valence-corrected chi connectivity index (χ0v) is 8.53. The van der Waals surface area contributed by atoms with E-state index >= 15 is 0 Å². The van der Waals surface area contributed by atoms with Crippen molar-refractivity contribution in [3.8, 4) is 5.75 Å². The van der Waals surface area contributed by atoms with Gasteiger partial charge in [-0.1, -0.05) is 11.6 Å². The summed E-state index contributed by atoms with van der Waals surface area (Å²) >= 11 is 5.69. The Hall–Kier alpha value is -0.800. The lowest BCUT2D eigenvalue weighted by Gasteiger charge is -2.13. The molecule has 1 fully saturated rings. The third-order valence-electron chi connectivity index (χ3n) is 2.68. The largest absolute Gasteiger partial charge is 0.504 e. The van der Waals surface area contributed by atoms with Crippen LogP contribution in [0.2, 0.25) is 5.02 Å². The second-order valence-electron chi connectivity index (χ2n) is 3.87. The van der Waals surface area contributed by atoms with Crippen LogP contribution in [0.15, 0.2) is 6.07 Å². The molecule has 2 nitrogen and oxygen atoms in total. The summed E-state index contributed by atoms with van der Waals surface area (Å²) in [7, 11) is 0. The second-order valence-corrected chi connectivity index (χ2v) is 4.25. The van der Waals surface area contributed by atoms with Crippen molar-refractivity contribution >= 4 is 11.6 Å². The molecule has 1 saturated carbocycles. The summed E-state index contributed by atoms with van der Waals surface area (Å²) in [5, 5.41) is 9.46. The molecule has 1 aliphatic rings. The van der Waals surface area contributed by atoms with Crippen LogP contribution in [0.25, 0.3) is 0 Å². The van der Waals surface area contributed by atoms with Gasteiger partial charge in [0.05, 0.1) is 5.02 Å². The first-order valence-corrected chi connectivity index (χ1v) is 4.80. The van der Waals surface area contributed by atoms with Gasteiger partial charge in [0.1, 0.15) is 0 Å². The Morgan fingerprint density at radius 1 is 1.57 bits per heavy atom. The summed E-state index contributed by atoms with van der Waals surface area (Å²) in [6.45, 7) is 1.72. The molecule has 76 valence electrons. The first-order valence-electron chi connectivity index (χ1n) is 4.42. The van der Waals surface area contributed by atoms with Gasteiger partial charge in [-0.15, -0.1) is 0 Å². The third-order valence-corrected chi connectivity index (χ3v) is 3.16. The minimum Gasteiger partial charge on any atom is -0.504 e. The van der Waals surface area contributed by atoms with Gasteiger partial charge in [0.25, 0.3) is 0 Å². The maximum absolute atomic E-state index is 13.6. The van der Waals surface area contributed by atoms with E-state index in [-0.39, 0.29) is 5.02 Å². The molecular weight excluding hydrogens is 205 g/mol. The Kier molecular flexibility index (Phi) is 1.98. The van der Waals surface area contributed by atoms with Crippen LogP contribution in [-0.4, -0.2) is 5.11 Å². The maximum Gasteiger partial charge on any atom is 0.171 e. The number of benzene rings is 1. The highest BCUT2D eigenvalue weighted by Crippen LogP contribution is 2.47. The highest BCUT2D eigenvalue weighted by atomic mass is 35.5. The summed E-state index contributed by atoms with van der Waals surface area (Å²) in [5.41, 5.74) is 6.30. The Labute approximate surface area is 86.5 Å². The van der Waals surface area contributed by atoms with Crippen molar-refractivity contribution in [1.29, 1.82) is 0 Å². The van der Waals surface area contributed by atoms with Gasteiger partial charge < -0.3 is 10.8 Å². The van der Waals surface area contributed by atoms with Gasteiger partial charge in [0, 0.05) is 11.1 Å². The highest BCUT2D eigenvalue weighted by Gasteiger charge is 2.43. The van der Waals surface area contributed by atoms with Crippen LogP contribution >= 0.6 is 11.6 Å². The molecule has 0 radical (unpaired) electrons. The van der Waals surface area contributed by atoms with Crippen molar-refractivity contribution in [2.24, 2.45) is 5.73 Å². The molecular formula is C10H11ClFNO. The van der Waals surface area contributed by atoms with Gasteiger partial charge in [0.15, 0.2) is 11.6 Å². The fourth-order valence-electron chi connectivity index (χ4n) is 1.52. The molecule has 0 aliphatic heterocycles. The second kappa shape index (κ2) is 2.84. The van der Waals surface area contributed by atoms with Crippen LogP contribution in [-0.2, 0) is 5.54 Å². The molecule has 0 atom stereocenters. The van der Waals surface area contributed by atoms with Crippen LogP contribution in [0.5, 0.6) is 5.75 Å². The van der Waals surface area contributed by atoms with Crippen LogP contribution in [0, 0.1) is 12.7 Å². The number of aromatic hydroxyl groups is 1. The normalized spacial score (nSPS) is 18.3. The molecule has 0 spiro atoms. The molecule has 3 N–H and O–H groups in total. The average Bonchev–Trinajstić information content (AvgIpc) is 2.87. The fraction of sp³-hybridized carbons (Fsp3) is 0.400. The van der Waals surface area contributed by atoms with E-state index in [1.54, 1.807) is 13.0 Å². The number of phenolic OH excluding ortho intramolecular Hbond substituents is 1. The van der Waals surface area contributed by atoms with E-state index in [2.05, 4.69) is 0 Å². The molecule has 1 aromatic rings. The Bertz CT molecular complexity index is 402. The minimum absolute atomic E-state index is 0.0653. The molecule has 0 aromatic heterocycles. The molecule has 0 bridgehead atoms. The number of rotatable bonds is 1. The summed E-state index contributed by atoms with van der Waals surface area (Å²) in [6, 6.07) is 1.62. The van der Waals surface area contributed by atoms with Gasteiger partial charge in [-0.3, -0.25) is 0 Å². The number of phenols is 1. The average molecular weight is 216 g/mol. The van der Waals surface area contributed by atoms with Crippen molar-refractivity contribution in [3.63, 3.8) is 0 Å². The smallest absolute Gasteiger partial charge is 0.171 e. The summed E-state index contributed by atoms with van der Waals surface area (Å²) in [5.74, 6) is -1.17. The van der Waals surface area contributed by atoms with E-state index in [1.165, 1.54) is 0 Å². The van der Waals surface area contributed by atoms with E-state index in [0.29, 0.717) is 11.1 Å². The molecule has 4 heteroatoms. The number of halogens is 2. The van der Waals surface area contributed by atoms with E-state index in [9.17, 15) is 9.50 Å². The van der Waals surface area contributed by atoms with E-state index < -0.39 is 17.1 Å². The van der Waals surface area contributed by atoms with Crippen LogP contribution in [0.4, 0.5) is 4.39 Å². The monoisotopic (exact) mass is 215 g/mol. The topological polar surface area (TPSA) is 46.2 Å². The van der Waals surface area contributed by atoms with Crippen molar-refractivity contribution in [2.45, 2.75) is 25.3 Å². The van der Waals surface area contributed by atoms with Crippen molar-refractivity contribution in [3.05, 3.63) is 28.0 Å². The SMILES string of the molecule is Cc1cc(C2(N)CC2)c(F)c(O)c1Cl. The molecule has 0 heterocycles. The Balaban J connectivity index is 2.62. The van der Waals surface area contributed by atoms with Gasteiger partial charge >= 0.3 is 0 Å². The number of hydrogen-bond donors (Lipinski definition) is 2. The standard InChI is InChI=1S/C10H11ClFNO/c1-5-4-6(10(13)2-3-10)8(12)9(14)7(5)11/h4,14H,2-3,13H2,1H3. The van der Waals surface area contributed by atoms with E-state index in [1.807, 2.05) is 0 Å². The number of aryl methyl sites for hydroxylation is 1. The quantitative estimate of drug-likeness (QED) is 0.756. The zero-order valence-electron chi connectivity index (χ0n) is 7.77. The van der Waals surface area contributed by atoms with Crippen LogP contribution in [0.1, 0.15) is 24.0 Å². The van der Waals surface area contributed by atoms with E-state index in [0.717, 1.165) is 12.8 Å². The van der Waals surface area contributed by atoms with Crippen molar-refractivity contribution < 1.29 is 9.50 Å². The zero-order chi connectivity index (χ0) is 10.5. The molecule has 14 heavy (non-hydrogen) atoms. The van der Waals surface area contributed by atoms with Gasteiger partial charge in [-0.05, 0) is 31.4 Å². The molecule has 0 saturated heterocycles. The van der Waals surface area contributed by atoms with Gasteiger partial charge in [-0.25, -0.2) is 4.39 Å². The summed E-state index contributed by atoms with van der Waals surface area (Å²) < 4.78 is 13.6.